The van der Waals surface area contributed by atoms with Crippen LogP contribution in [0.1, 0.15) is 56.8 Å². The zero-order chi connectivity index (χ0) is 13.1. The van der Waals surface area contributed by atoms with Crippen molar-refractivity contribution < 1.29 is 0 Å². The minimum Gasteiger partial charge on any atom is -0.291 e. The first-order valence-electron chi connectivity index (χ1n) is 6.93. The molecule has 2 atom stereocenters. The highest BCUT2D eigenvalue weighted by Gasteiger charge is 2.33. The fraction of sp³-hybridized carbons (Fsp3) is 0.786. The maximum Gasteiger partial charge on any atom is 0.110 e. The third-order valence-corrected chi connectivity index (χ3v) is 5.16. The van der Waals surface area contributed by atoms with Crippen LogP contribution in [0.4, 0.5) is 0 Å². The molecular formula is C14H23ClN2S. The largest absolute Gasteiger partial charge is 0.291 e. The Morgan fingerprint density at radius 1 is 1.56 bits per heavy atom. The lowest BCUT2D eigenvalue weighted by Crippen LogP contribution is -2.36. The first-order valence-corrected chi connectivity index (χ1v) is 8.34. The summed E-state index contributed by atoms with van der Waals surface area (Å²) in [5.41, 5.74) is 1.02. The molecule has 0 spiro atoms. The minimum absolute atomic E-state index is 0.488. The second-order valence-corrected chi connectivity index (χ2v) is 6.58. The average Bonchev–Trinajstić information content (AvgIpc) is 2.98. The summed E-state index contributed by atoms with van der Waals surface area (Å²) in [4.78, 5) is 7.35. The molecule has 2 nitrogen and oxygen atoms in total. The molecule has 0 aromatic carbocycles. The quantitative estimate of drug-likeness (QED) is 0.743. The van der Waals surface area contributed by atoms with Crippen molar-refractivity contribution in [3.05, 3.63) is 16.1 Å². The number of rotatable bonds is 5. The topological polar surface area (TPSA) is 16.1 Å². The summed E-state index contributed by atoms with van der Waals surface area (Å²) in [5.74, 6) is 1.26. The van der Waals surface area contributed by atoms with Crippen LogP contribution in [0.15, 0.2) is 5.38 Å². The fourth-order valence-electron chi connectivity index (χ4n) is 3.01. The Labute approximate surface area is 119 Å². The molecule has 2 rings (SSSR count). The third kappa shape index (κ3) is 2.89. The van der Waals surface area contributed by atoms with Crippen LogP contribution in [0.25, 0.3) is 0 Å². The van der Waals surface area contributed by atoms with Gasteiger partial charge in [0.25, 0.3) is 0 Å². The van der Waals surface area contributed by atoms with Crippen LogP contribution in [0, 0.1) is 5.92 Å². The van der Waals surface area contributed by atoms with E-state index in [1.807, 2.05) is 0 Å². The van der Waals surface area contributed by atoms with Crippen LogP contribution in [0.2, 0.25) is 0 Å². The van der Waals surface area contributed by atoms with Crippen molar-refractivity contribution >= 4 is 22.9 Å². The molecule has 0 bridgehead atoms. The van der Waals surface area contributed by atoms with Crippen LogP contribution < -0.4 is 0 Å². The zero-order valence-electron chi connectivity index (χ0n) is 11.5. The molecule has 0 amide bonds. The molecule has 1 saturated heterocycles. The van der Waals surface area contributed by atoms with Crippen LogP contribution in [0.3, 0.4) is 0 Å². The highest BCUT2D eigenvalue weighted by molar-refractivity contribution is 7.09. The summed E-state index contributed by atoms with van der Waals surface area (Å²) in [6.07, 6.45) is 3.80. The average molecular weight is 287 g/mol. The van der Waals surface area contributed by atoms with E-state index < -0.39 is 0 Å². The number of thiazole rings is 1. The van der Waals surface area contributed by atoms with E-state index in [-0.39, 0.29) is 0 Å². The number of hydrogen-bond acceptors (Lipinski definition) is 3. The van der Waals surface area contributed by atoms with E-state index in [0.717, 1.165) is 24.1 Å². The molecule has 0 radical (unpaired) electrons. The normalized spacial score (nSPS) is 22.8. The van der Waals surface area contributed by atoms with Crippen LogP contribution in [-0.4, -0.2) is 22.5 Å². The van der Waals surface area contributed by atoms with Crippen molar-refractivity contribution in [1.29, 1.82) is 0 Å². The Bertz CT molecular complexity index is 378. The van der Waals surface area contributed by atoms with E-state index in [2.05, 4.69) is 36.0 Å². The Morgan fingerprint density at radius 3 is 2.89 bits per heavy atom. The van der Waals surface area contributed by atoms with E-state index in [9.17, 15) is 0 Å². The Kier molecular flexibility index (Phi) is 5.05. The molecule has 1 aromatic rings. The van der Waals surface area contributed by atoms with Gasteiger partial charge in [0.05, 0.1) is 17.6 Å². The molecule has 1 fully saturated rings. The summed E-state index contributed by atoms with van der Waals surface area (Å²) in [6, 6.07) is 1.21. The first-order chi connectivity index (χ1) is 8.67. The predicted molar refractivity (Wildman–Crippen MR) is 79.3 cm³/mol. The third-order valence-electron chi connectivity index (χ3n) is 3.89. The SMILES string of the molecule is CCC(c1nc(CCl)cs1)N1CCCC1C(C)C. The molecule has 1 aromatic heterocycles. The number of halogens is 1. The summed E-state index contributed by atoms with van der Waals surface area (Å²) in [7, 11) is 0. The van der Waals surface area contributed by atoms with Gasteiger partial charge in [0.15, 0.2) is 0 Å². The Balaban J connectivity index is 2.17. The van der Waals surface area contributed by atoms with Gasteiger partial charge in [-0.1, -0.05) is 20.8 Å². The molecule has 0 aliphatic carbocycles. The van der Waals surface area contributed by atoms with Gasteiger partial charge in [-0.25, -0.2) is 4.98 Å². The second kappa shape index (κ2) is 6.36. The van der Waals surface area contributed by atoms with Crippen molar-refractivity contribution in [2.75, 3.05) is 6.54 Å². The van der Waals surface area contributed by atoms with Gasteiger partial charge in [0, 0.05) is 11.4 Å². The van der Waals surface area contributed by atoms with Gasteiger partial charge < -0.3 is 0 Å². The van der Waals surface area contributed by atoms with Gasteiger partial charge >= 0.3 is 0 Å². The summed E-state index contributed by atoms with van der Waals surface area (Å²) < 4.78 is 0. The number of nitrogens with zero attached hydrogens (tertiary/aromatic N) is 2. The molecule has 0 saturated carbocycles. The van der Waals surface area contributed by atoms with Crippen LogP contribution in [-0.2, 0) is 5.88 Å². The highest BCUT2D eigenvalue weighted by atomic mass is 35.5. The number of aromatic nitrogens is 1. The van der Waals surface area contributed by atoms with Crippen molar-refractivity contribution in [2.45, 2.75) is 58.0 Å². The molecule has 1 aliphatic heterocycles. The summed E-state index contributed by atoms with van der Waals surface area (Å²) >= 11 is 7.63. The van der Waals surface area contributed by atoms with Crippen molar-refractivity contribution in [3.63, 3.8) is 0 Å². The van der Waals surface area contributed by atoms with E-state index in [1.165, 1.54) is 24.4 Å². The monoisotopic (exact) mass is 286 g/mol. The van der Waals surface area contributed by atoms with E-state index >= 15 is 0 Å². The van der Waals surface area contributed by atoms with E-state index in [4.69, 9.17) is 11.6 Å². The van der Waals surface area contributed by atoms with Gasteiger partial charge in [0.2, 0.25) is 0 Å². The minimum atomic E-state index is 0.488. The number of alkyl halides is 1. The second-order valence-electron chi connectivity index (χ2n) is 5.43. The van der Waals surface area contributed by atoms with Gasteiger partial charge in [-0.3, -0.25) is 4.90 Å². The van der Waals surface area contributed by atoms with Crippen molar-refractivity contribution in [3.8, 4) is 0 Å². The molecule has 0 N–H and O–H groups in total. The Hall–Kier alpha value is -0.120. The zero-order valence-corrected chi connectivity index (χ0v) is 13.1. The van der Waals surface area contributed by atoms with Crippen molar-refractivity contribution in [2.24, 2.45) is 5.92 Å². The lowest BCUT2D eigenvalue weighted by atomic mass is 10.0. The van der Waals surface area contributed by atoms with Gasteiger partial charge in [0.1, 0.15) is 5.01 Å². The highest BCUT2D eigenvalue weighted by Crippen LogP contribution is 2.35. The lowest BCUT2D eigenvalue weighted by Gasteiger charge is -2.33. The predicted octanol–water partition coefficient (Wildman–Crippen LogP) is 4.45. The van der Waals surface area contributed by atoms with Crippen LogP contribution >= 0.6 is 22.9 Å². The molecule has 18 heavy (non-hydrogen) atoms. The molecule has 2 heterocycles. The maximum absolute atomic E-state index is 5.86. The lowest BCUT2D eigenvalue weighted by molar-refractivity contribution is 0.141. The molecule has 1 aliphatic rings. The van der Waals surface area contributed by atoms with Gasteiger partial charge in [-0.15, -0.1) is 22.9 Å². The maximum atomic E-state index is 5.86. The summed E-state index contributed by atoms with van der Waals surface area (Å²) in [6.45, 7) is 8.16. The smallest absolute Gasteiger partial charge is 0.110 e. The number of likely N-dealkylation sites (tertiary alicyclic amines) is 1. The summed E-state index contributed by atoms with van der Waals surface area (Å²) in [5, 5.41) is 3.35. The molecule has 2 unspecified atom stereocenters. The molecule has 102 valence electrons. The van der Waals surface area contributed by atoms with Crippen LogP contribution in [0.5, 0.6) is 0 Å². The molecular weight excluding hydrogens is 264 g/mol. The van der Waals surface area contributed by atoms with E-state index in [1.54, 1.807) is 11.3 Å². The van der Waals surface area contributed by atoms with Gasteiger partial charge in [-0.2, -0.15) is 0 Å². The van der Waals surface area contributed by atoms with E-state index in [0.29, 0.717) is 11.9 Å². The first kappa shape index (κ1) is 14.3. The Morgan fingerprint density at radius 2 is 2.33 bits per heavy atom. The molecule has 4 heteroatoms. The fourth-order valence-corrected chi connectivity index (χ4v) is 4.26. The number of hydrogen-bond donors (Lipinski definition) is 0. The standard InChI is InChI=1S/C14H23ClN2S/c1-4-12(14-16-11(8-15)9-18-14)17-7-5-6-13(17)10(2)3/h9-10,12-13H,4-8H2,1-3H3. The van der Waals surface area contributed by atoms with Crippen molar-refractivity contribution in [1.82, 2.24) is 9.88 Å². The van der Waals surface area contributed by atoms with Gasteiger partial charge in [-0.05, 0) is 31.7 Å².